The van der Waals surface area contributed by atoms with Gasteiger partial charge in [0.25, 0.3) is 0 Å². The molecular formula is C20H17FN4S. The molecule has 0 aliphatic rings. The van der Waals surface area contributed by atoms with Crippen molar-refractivity contribution < 1.29 is 4.39 Å². The van der Waals surface area contributed by atoms with Crippen molar-refractivity contribution in [3.8, 4) is 11.3 Å². The molecular weight excluding hydrogens is 347 g/mol. The second-order valence-electron chi connectivity index (χ2n) is 6.01. The van der Waals surface area contributed by atoms with Crippen LogP contribution in [0.25, 0.3) is 22.2 Å². The van der Waals surface area contributed by atoms with Crippen molar-refractivity contribution >= 4 is 33.6 Å². The van der Waals surface area contributed by atoms with Gasteiger partial charge in [0, 0.05) is 40.2 Å². The number of thiazole rings is 1. The van der Waals surface area contributed by atoms with Crippen LogP contribution in [0, 0.1) is 12.7 Å². The maximum absolute atomic E-state index is 13.1. The van der Waals surface area contributed by atoms with Gasteiger partial charge in [-0.1, -0.05) is 18.2 Å². The van der Waals surface area contributed by atoms with Crippen LogP contribution in [0.15, 0.2) is 59.8 Å². The van der Waals surface area contributed by atoms with E-state index in [9.17, 15) is 4.39 Å². The summed E-state index contributed by atoms with van der Waals surface area (Å²) in [5.74, 6) is -0.250. The highest BCUT2D eigenvalue weighted by atomic mass is 32.1. The van der Waals surface area contributed by atoms with E-state index in [-0.39, 0.29) is 5.82 Å². The van der Waals surface area contributed by atoms with Gasteiger partial charge in [0.1, 0.15) is 5.82 Å². The molecule has 0 spiro atoms. The van der Waals surface area contributed by atoms with E-state index in [1.165, 1.54) is 23.5 Å². The summed E-state index contributed by atoms with van der Waals surface area (Å²) in [5, 5.41) is 6.20. The molecule has 0 amide bonds. The topological polar surface area (TPSA) is 42.2 Å². The van der Waals surface area contributed by atoms with E-state index in [1.807, 2.05) is 32.3 Å². The number of hydrazone groups is 1. The molecule has 4 nitrogen and oxygen atoms in total. The van der Waals surface area contributed by atoms with Gasteiger partial charge < -0.3 is 4.57 Å². The van der Waals surface area contributed by atoms with E-state index in [0.29, 0.717) is 5.13 Å². The smallest absolute Gasteiger partial charge is 0.204 e. The molecule has 1 N–H and O–H groups in total. The third-order valence-corrected chi connectivity index (χ3v) is 5.08. The third kappa shape index (κ3) is 3.11. The zero-order valence-corrected chi connectivity index (χ0v) is 15.2. The molecule has 4 rings (SSSR count). The van der Waals surface area contributed by atoms with Crippen LogP contribution in [0.2, 0.25) is 0 Å². The Balaban J connectivity index is 1.55. The average molecular weight is 364 g/mol. The number of para-hydroxylation sites is 1. The van der Waals surface area contributed by atoms with Gasteiger partial charge in [-0.3, -0.25) is 5.43 Å². The zero-order chi connectivity index (χ0) is 18.1. The highest BCUT2D eigenvalue weighted by Gasteiger charge is 2.09. The number of hydrogen-bond acceptors (Lipinski definition) is 4. The first-order valence-corrected chi connectivity index (χ1v) is 9.00. The molecule has 2 aromatic heterocycles. The summed E-state index contributed by atoms with van der Waals surface area (Å²) in [4.78, 5) is 5.63. The first-order chi connectivity index (χ1) is 12.6. The predicted octanol–water partition coefficient (Wildman–Crippen LogP) is 5.20. The second-order valence-corrected chi connectivity index (χ2v) is 7.22. The Morgan fingerprint density at radius 1 is 1.15 bits per heavy atom. The monoisotopic (exact) mass is 364 g/mol. The van der Waals surface area contributed by atoms with Gasteiger partial charge >= 0.3 is 0 Å². The van der Waals surface area contributed by atoms with Crippen LogP contribution in [0.3, 0.4) is 0 Å². The number of anilines is 1. The van der Waals surface area contributed by atoms with Crippen molar-refractivity contribution in [2.45, 2.75) is 6.92 Å². The molecule has 2 aromatic carbocycles. The summed E-state index contributed by atoms with van der Waals surface area (Å²) in [5.41, 5.74) is 6.95. The molecule has 2 heterocycles. The van der Waals surface area contributed by atoms with Crippen LogP contribution >= 0.6 is 11.3 Å². The molecule has 0 saturated heterocycles. The number of aromatic nitrogens is 2. The lowest BCUT2D eigenvalue weighted by Crippen LogP contribution is -1.90. The maximum Gasteiger partial charge on any atom is 0.204 e. The van der Waals surface area contributed by atoms with Crippen molar-refractivity contribution in [3.63, 3.8) is 0 Å². The molecule has 0 unspecified atom stereocenters. The Kier molecular flexibility index (Phi) is 4.26. The van der Waals surface area contributed by atoms with Crippen LogP contribution in [-0.4, -0.2) is 15.8 Å². The van der Waals surface area contributed by atoms with Crippen molar-refractivity contribution in [1.82, 2.24) is 9.55 Å². The van der Waals surface area contributed by atoms with Gasteiger partial charge in [-0.15, -0.1) is 11.3 Å². The molecule has 0 aliphatic heterocycles. The highest BCUT2D eigenvalue weighted by Crippen LogP contribution is 2.30. The van der Waals surface area contributed by atoms with Gasteiger partial charge in [0.2, 0.25) is 5.13 Å². The minimum Gasteiger partial charge on any atom is -0.350 e. The normalized spacial score (nSPS) is 11.5. The first kappa shape index (κ1) is 16.5. The number of nitrogens with zero attached hydrogens (tertiary/aromatic N) is 3. The van der Waals surface area contributed by atoms with Gasteiger partial charge in [-0.05, 0) is 37.3 Å². The summed E-state index contributed by atoms with van der Waals surface area (Å²) in [6, 6.07) is 14.6. The minimum atomic E-state index is -0.250. The van der Waals surface area contributed by atoms with Crippen molar-refractivity contribution in [1.29, 1.82) is 0 Å². The summed E-state index contributed by atoms with van der Waals surface area (Å²) in [7, 11) is 2.02. The lowest BCUT2D eigenvalue weighted by molar-refractivity contribution is 0.628. The molecule has 0 radical (unpaired) electrons. The zero-order valence-electron chi connectivity index (χ0n) is 14.4. The largest absolute Gasteiger partial charge is 0.350 e. The van der Waals surface area contributed by atoms with Crippen molar-refractivity contribution in [2.24, 2.45) is 12.1 Å². The quantitative estimate of drug-likeness (QED) is 0.400. The molecule has 0 fully saturated rings. The van der Waals surface area contributed by atoms with Crippen LogP contribution in [0.4, 0.5) is 9.52 Å². The van der Waals surface area contributed by atoms with Gasteiger partial charge in [-0.2, -0.15) is 5.10 Å². The Morgan fingerprint density at radius 2 is 1.92 bits per heavy atom. The summed E-state index contributed by atoms with van der Waals surface area (Å²) in [6.45, 7) is 2.00. The molecule has 0 bridgehead atoms. The molecule has 130 valence electrons. The van der Waals surface area contributed by atoms with E-state index < -0.39 is 0 Å². The number of rotatable bonds is 4. The second kappa shape index (κ2) is 6.72. The maximum atomic E-state index is 13.1. The molecule has 26 heavy (non-hydrogen) atoms. The number of benzene rings is 2. The van der Waals surface area contributed by atoms with Crippen LogP contribution < -0.4 is 5.43 Å². The van der Waals surface area contributed by atoms with Crippen molar-refractivity contribution in [2.75, 3.05) is 5.43 Å². The first-order valence-electron chi connectivity index (χ1n) is 8.18. The molecule has 6 heteroatoms. The predicted molar refractivity (Wildman–Crippen MR) is 106 cm³/mol. The van der Waals surface area contributed by atoms with Crippen LogP contribution in [0.5, 0.6) is 0 Å². The minimum absolute atomic E-state index is 0.250. The Bertz CT molecular complexity index is 1090. The fraction of sp³-hybridized carbons (Fsp3) is 0.100. The van der Waals surface area contributed by atoms with Gasteiger partial charge in [0.15, 0.2) is 0 Å². The molecule has 0 atom stereocenters. The molecule has 4 aromatic rings. The van der Waals surface area contributed by atoms with E-state index in [1.54, 1.807) is 18.3 Å². The standard InChI is InChI=1S/C20H17FN4S/c1-13-19(14-7-9-16(21)10-8-14)23-20(26-13)24-22-11-15-12-25(2)18-6-4-3-5-17(15)18/h3-12H,1-2H3,(H,23,24)/b22-11+. The Morgan fingerprint density at radius 3 is 2.73 bits per heavy atom. The van der Waals surface area contributed by atoms with E-state index in [0.717, 1.165) is 32.6 Å². The average Bonchev–Trinajstić information content (AvgIpc) is 3.17. The summed E-state index contributed by atoms with van der Waals surface area (Å²) < 4.78 is 15.2. The summed E-state index contributed by atoms with van der Waals surface area (Å²) >= 11 is 1.52. The van der Waals surface area contributed by atoms with Crippen LogP contribution in [-0.2, 0) is 7.05 Å². The lowest BCUT2D eigenvalue weighted by Gasteiger charge is -1.97. The van der Waals surface area contributed by atoms with E-state index >= 15 is 0 Å². The number of halogens is 1. The van der Waals surface area contributed by atoms with Gasteiger partial charge in [-0.25, -0.2) is 9.37 Å². The van der Waals surface area contributed by atoms with E-state index in [4.69, 9.17) is 0 Å². The summed E-state index contributed by atoms with van der Waals surface area (Å²) in [6.07, 6.45) is 3.85. The molecule has 0 saturated carbocycles. The fourth-order valence-corrected chi connectivity index (χ4v) is 3.74. The van der Waals surface area contributed by atoms with E-state index in [2.05, 4.69) is 32.2 Å². The number of nitrogens with one attached hydrogen (secondary N) is 1. The Labute approximate surface area is 154 Å². The van der Waals surface area contributed by atoms with Gasteiger partial charge in [0.05, 0.1) is 11.9 Å². The number of hydrogen-bond donors (Lipinski definition) is 1. The SMILES string of the molecule is Cc1sc(N/N=C/c2cn(C)c3ccccc23)nc1-c1ccc(F)cc1. The number of fused-ring (bicyclic) bond motifs is 1. The third-order valence-electron chi connectivity index (χ3n) is 4.21. The highest BCUT2D eigenvalue weighted by molar-refractivity contribution is 7.15. The van der Waals surface area contributed by atoms with Crippen molar-refractivity contribution in [3.05, 3.63) is 71.0 Å². The van der Waals surface area contributed by atoms with Crippen LogP contribution in [0.1, 0.15) is 10.4 Å². The fourth-order valence-electron chi connectivity index (χ4n) is 2.95. The number of aryl methyl sites for hydroxylation is 2. The lowest BCUT2D eigenvalue weighted by atomic mass is 10.1. The molecule has 0 aliphatic carbocycles. The Hall–Kier alpha value is -2.99.